The minimum absolute atomic E-state index is 0.0739. The number of aliphatic hydroxyl groups excluding tert-OH is 1. The summed E-state index contributed by atoms with van der Waals surface area (Å²) in [5.41, 5.74) is -0.737. The van der Waals surface area contributed by atoms with Crippen molar-refractivity contribution in [2.75, 3.05) is 0 Å². The monoisotopic (exact) mass is 527 g/mol. The Morgan fingerprint density at radius 1 is 1.17 bits per heavy atom. The standard InChI is InChI=1S/C23H18ClN5O6S/c1-13-6-9-15(10-7-13)36(34,35)28-27-20(22(30)16-4-2-3-5-17(16)24)21-23(31)26-19-12-14(29(32)33)8-11-18(19)25-21/h2-12,22,28,30H,1H3,(H,26,31)/b27-20+/t22-/m1/s1. The highest BCUT2D eigenvalue weighted by molar-refractivity contribution is 7.89. The van der Waals surface area contributed by atoms with Gasteiger partial charge in [-0.2, -0.15) is 18.4 Å². The number of hydrogen-bond donors (Lipinski definition) is 3. The molecule has 0 aliphatic rings. The zero-order valence-corrected chi connectivity index (χ0v) is 20.1. The second kappa shape index (κ2) is 9.85. The van der Waals surface area contributed by atoms with Gasteiger partial charge in [0, 0.05) is 22.7 Å². The molecule has 0 fully saturated rings. The maximum atomic E-state index is 12.9. The van der Waals surface area contributed by atoms with E-state index in [1.807, 2.05) is 4.83 Å². The largest absolute Gasteiger partial charge is 0.382 e. The van der Waals surface area contributed by atoms with Gasteiger partial charge in [-0.1, -0.05) is 47.5 Å². The van der Waals surface area contributed by atoms with Crippen LogP contribution in [-0.2, 0) is 10.0 Å². The van der Waals surface area contributed by atoms with Gasteiger partial charge in [0.15, 0.2) is 5.69 Å². The van der Waals surface area contributed by atoms with Crippen LogP contribution in [-0.4, -0.2) is 34.1 Å². The van der Waals surface area contributed by atoms with E-state index in [4.69, 9.17) is 11.6 Å². The number of nitrogens with zero attached hydrogens (tertiary/aromatic N) is 3. The van der Waals surface area contributed by atoms with E-state index in [2.05, 4.69) is 15.1 Å². The van der Waals surface area contributed by atoms with Crippen LogP contribution in [0.15, 0.2) is 81.5 Å². The summed E-state index contributed by atoms with van der Waals surface area (Å²) in [4.78, 5) is 32.0. The van der Waals surface area contributed by atoms with Gasteiger partial charge >= 0.3 is 0 Å². The summed E-state index contributed by atoms with van der Waals surface area (Å²) in [6.45, 7) is 1.80. The molecule has 4 rings (SSSR count). The number of nitrogens with one attached hydrogen (secondary N) is 2. The molecule has 184 valence electrons. The Morgan fingerprint density at radius 3 is 2.53 bits per heavy atom. The molecule has 0 amide bonds. The normalized spacial score (nSPS) is 12.9. The lowest BCUT2D eigenvalue weighted by atomic mass is 10.0. The molecule has 3 aromatic carbocycles. The fourth-order valence-corrected chi connectivity index (χ4v) is 4.39. The first-order chi connectivity index (χ1) is 17.1. The topological polar surface area (TPSA) is 168 Å². The number of aromatic nitrogens is 2. The van der Waals surface area contributed by atoms with Crippen LogP contribution in [0.1, 0.15) is 22.9 Å². The summed E-state index contributed by atoms with van der Waals surface area (Å²) in [6.07, 6.45) is -1.65. The molecule has 0 spiro atoms. The number of aryl methyl sites for hydroxylation is 1. The number of rotatable bonds is 7. The van der Waals surface area contributed by atoms with E-state index in [1.165, 1.54) is 36.4 Å². The average molecular weight is 528 g/mol. The third kappa shape index (κ3) is 5.10. The van der Waals surface area contributed by atoms with E-state index >= 15 is 0 Å². The van der Waals surface area contributed by atoms with E-state index in [1.54, 1.807) is 31.2 Å². The van der Waals surface area contributed by atoms with E-state index in [9.17, 15) is 28.4 Å². The molecule has 0 unspecified atom stereocenters. The maximum Gasteiger partial charge on any atom is 0.276 e. The highest BCUT2D eigenvalue weighted by Crippen LogP contribution is 2.26. The van der Waals surface area contributed by atoms with Crippen molar-refractivity contribution in [3.63, 3.8) is 0 Å². The number of hydrazone groups is 1. The van der Waals surface area contributed by atoms with E-state index in [0.717, 1.165) is 11.6 Å². The van der Waals surface area contributed by atoms with E-state index in [-0.39, 0.29) is 32.2 Å². The number of fused-ring (bicyclic) bond motifs is 1. The predicted molar refractivity (Wildman–Crippen MR) is 133 cm³/mol. The molecule has 0 bridgehead atoms. The maximum absolute atomic E-state index is 12.9. The van der Waals surface area contributed by atoms with Crippen molar-refractivity contribution in [2.24, 2.45) is 5.10 Å². The Morgan fingerprint density at radius 2 is 1.86 bits per heavy atom. The molecule has 0 radical (unpaired) electrons. The van der Waals surface area contributed by atoms with Crippen molar-refractivity contribution >= 4 is 44.1 Å². The summed E-state index contributed by atoms with van der Waals surface area (Å²) < 4.78 is 25.6. The molecule has 3 N–H and O–H groups in total. The van der Waals surface area contributed by atoms with Crippen LogP contribution in [0, 0.1) is 17.0 Å². The van der Waals surface area contributed by atoms with E-state index < -0.39 is 38.0 Å². The van der Waals surface area contributed by atoms with Crippen LogP contribution < -0.4 is 10.4 Å². The van der Waals surface area contributed by atoms with Crippen LogP contribution >= 0.6 is 11.6 Å². The molecule has 0 saturated carbocycles. The van der Waals surface area contributed by atoms with Crippen molar-refractivity contribution < 1.29 is 18.4 Å². The minimum atomic E-state index is -4.17. The highest BCUT2D eigenvalue weighted by Gasteiger charge is 2.26. The minimum Gasteiger partial charge on any atom is -0.382 e. The van der Waals surface area contributed by atoms with Crippen molar-refractivity contribution in [1.29, 1.82) is 0 Å². The van der Waals surface area contributed by atoms with Gasteiger partial charge in [-0.25, -0.2) is 4.98 Å². The molecule has 36 heavy (non-hydrogen) atoms. The molecule has 0 aliphatic carbocycles. The van der Waals surface area contributed by atoms with Gasteiger partial charge in [0.25, 0.3) is 21.3 Å². The van der Waals surface area contributed by atoms with E-state index in [0.29, 0.717) is 0 Å². The second-order valence-corrected chi connectivity index (χ2v) is 9.77. The Labute approximate surface area is 209 Å². The van der Waals surface area contributed by atoms with Crippen molar-refractivity contribution in [2.45, 2.75) is 17.9 Å². The van der Waals surface area contributed by atoms with Crippen LogP contribution in [0.4, 0.5) is 5.69 Å². The summed E-state index contributed by atoms with van der Waals surface area (Å²) in [7, 11) is -4.17. The number of halogens is 1. The average Bonchev–Trinajstić information content (AvgIpc) is 2.84. The SMILES string of the molecule is Cc1ccc(S(=O)(=O)N/N=C(\c2nc3ccc([N+](=O)[O-])cc3[nH]c2=O)[C@H](O)c2ccccc2Cl)cc1. The van der Waals surface area contributed by atoms with Gasteiger partial charge in [0.1, 0.15) is 11.8 Å². The fraction of sp³-hybridized carbons (Fsp3) is 0.0870. The van der Waals surface area contributed by atoms with Gasteiger partial charge in [0.05, 0.1) is 20.9 Å². The molecular formula is C23H18ClN5O6S. The molecule has 0 aliphatic heterocycles. The number of hydrogen-bond acceptors (Lipinski definition) is 8. The number of non-ortho nitro benzene ring substituents is 1. The Balaban J connectivity index is 1.86. The van der Waals surface area contributed by atoms with Gasteiger partial charge in [0.2, 0.25) is 0 Å². The smallest absolute Gasteiger partial charge is 0.276 e. The number of aromatic amines is 1. The number of sulfonamides is 1. The predicted octanol–water partition coefficient (Wildman–Crippen LogP) is 3.21. The zero-order chi connectivity index (χ0) is 26.0. The lowest BCUT2D eigenvalue weighted by Gasteiger charge is -2.15. The van der Waals surface area contributed by atoms with Crippen molar-refractivity contribution in [3.8, 4) is 0 Å². The summed E-state index contributed by atoms with van der Waals surface area (Å²) in [6, 6.07) is 15.8. The molecule has 1 heterocycles. The molecule has 13 heteroatoms. The third-order valence-electron chi connectivity index (χ3n) is 5.21. The summed E-state index contributed by atoms with van der Waals surface area (Å²) in [5, 5.41) is 26.2. The van der Waals surface area contributed by atoms with Crippen LogP contribution in [0.2, 0.25) is 5.02 Å². The summed E-state index contributed by atoms with van der Waals surface area (Å²) >= 11 is 6.21. The highest BCUT2D eigenvalue weighted by atomic mass is 35.5. The second-order valence-electron chi connectivity index (χ2n) is 7.70. The van der Waals surface area contributed by atoms with Crippen LogP contribution in [0.25, 0.3) is 11.0 Å². The lowest BCUT2D eigenvalue weighted by molar-refractivity contribution is -0.384. The number of aliphatic hydroxyl groups is 1. The lowest BCUT2D eigenvalue weighted by Crippen LogP contribution is -2.29. The number of nitro benzene ring substituents is 1. The van der Waals surface area contributed by atoms with Crippen molar-refractivity contribution in [3.05, 3.63) is 109 Å². The molecular weight excluding hydrogens is 510 g/mol. The van der Waals surface area contributed by atoms with Gasteiger partial charge in [-0.3, -0.25) is 14.9 Å². The van der Waals surface area contributed by atoms with Crippen LogP contribution in [0.5, 0.6) is 0 Å². The Bertz CT molecular complexity index is 1670. The van der Waals surface area contributed by atoms with Crippen molar-refractivity contribution in [1.82, 2.24) is 14.8 Å². The first kappa shape index (κ1) is 25.0. The molecule has 1 aromatic heterocycles. The summed E-state index contributed by atoms with van der Waals surface area (Å²) in [5.74, 6) is 0. The first-order valence-corrected chi connectivity index (χ1v) is 12.2. The quantitative estimate of drug-likeness (QED) is 0.188. The third-order valence-corrected chi connectivity index (χ3v) is 6.77. The number of benzene rings is 3. The van der Waals surface area contributed by atoms with Gasteiger partial charge in [-0.05, 0) is 31.2 Å². The van der Waals surface area contributed by atoms with Gasteiger partial charge in [-0.15, -0.1) is 0 Å². The number of nitro groups is 1. The Hall–Kier alpha value is -4.13. The molecule has 4 aromatic rings. The fourth-order valence-electron chi connectivity index (χ4n) is 3.33. The van der Waals surface area contributed by atoms with Crippen LogP contribution in [0.3, 0.4) is 0 Å². The Kier molecular flexibility index (Phi) is 6.84. The number of H-pyrrole nitrogens is 1. The molecule has 1 atom stereocenters. The molecule has 0 saturated heterocycles. The van der Waals surface area contributed by atoms with Gasteiger partial charge < -0.3 is 10.1 Å². The zero-order valence-electron chi connectivity index (χ0n) is 18.5. The molecule has 11 nitrogen and oxygen atoms in total. The first-order valence-electron chi connectivity index (χ1n) is 10.3.